The van der Waals surface area contributed by atoms with Crippen molar-refractivity contribution in [2.24, 2.45) is 0 Å². The van der Waals surface area contributed by atoms with Crippen molar-refractivity contribution >= 4 is 23.1 Å². The molecule has 0 aliphatic carbocycles. The number of benzene rings is 2. The number of nitrogens with zero attached hydrogens (tertiary/aromatic N) is 3. The van der Waals surface area contributed by atoms with E-state index in [0.29, 0.717) is 5.95 Å². The molecular weight excluding hydrogens is 358 g/mol. The SMILES string of the molecule is CCN(CC)c1ccc(Nc2nc(C)cc(NCCc3ccccc3)n2)c(C)c1. The van der Waals surface area contributed by atoms with E-state index in [1.54, 1.807) is 0 Å². The summed E-state index contributed by atoms with van der Waals surface area (Å²) in [6.07, 6.45) is 0.957. The number of rotatable bonds is 9. The number of nitrogens with one attached hydrogen (secondary N) is 2. The lowest BCUT2D eigenvalue weighted by Crippen LogP contribution is -2.21. The van der Waals surface area contributed by atoms with Crippen LogP contribution in [0.15, 0.2) is 54.6 Å². The van der Waals surface area contributed by atoms with Gasteiger partial charge >= 0.3 is 0 Å². The summed E-state index contributed by atoms with van der Waals surface area (Å²) in [4.78, 5) is 11.5. The zero-order valence-corrected chi connectivity index (χ0v) is 17.9. The van der Waals surface area contributed by atoms with Crippen LogP contribution in [0.4, 0.5) is 23.1 Å². The van der Waals surface area contributed by atoms with Crippen LogP contribution in [0.25, 0.3) is 0 Å². The quantitative estimate of drug-likeness (QED) is 0.517. The van der Waals surface area contributed by atoms with E-state index in [4.69, 9.17) is 0 Å². The molecule has 29 heavy (non-hydrogen) atoms. The standard InChI is InChI=1S/C24H31N5/c1-5-29(6-2)21-12-13-22(18(3)16-21)27-24-26-19(4)17-23(28-24)25-15-14-20-10-8-7-9-11-20/h7-13,16-17H,5-6,14-15H2,1-4H3,(H2,25,26,27,28). The summed E-state index contributed by atoms with van der Waals surface area (Å²) in [5, 5.41) is 6.80. The van der Waals surface area contributed by atoms with Crippen molar-refractivity contribution in [3.8, 4) is 0 Å². The van der Waals surface area contributed by atoms with Crippen LogP contribution in [0.5, 0.6) is 0 Å². The smallest absolute Gasteiger partial charge is 0.229 e. The lowest BCUT2D eigenvalue weighted by molar-refractivity contribution is 0.866. The monoisotopic (exact) mass is 389 g/mol. The van der Waals surface area contributed by atoms with E-state index < -0.39 is 0 Å². The van der Waals surface area contributed by atoms with Crippen LogP contribution in [0.3, 0.4) is 0 Å². The molecule has 3 rings (SSSR count). The van der Waals surface area contributed by atoms with Crippen molar-refractivity contribution in [2.45, 2.75) is 34.1 Å². The first kappa shape index (κ1) is 20.6. The summed E-state index contributed by atoms with van der Waals surface area (Å²) in [5.41, 5.74) is 5.70. The molecule has 0 atom stereocenters. The average molecular weight is 390 g/mol. The van der Waals surface area contributed by atoms with Gasteiger partial charge in [-0.15, -0.1) is 0 Å². The number of anilines is 4. The third kappa shape index (κ3) is 5.70. The van der Waals surface area contributed by atoms with Crippen LogP contribution in [-0.4, -0.2) is 29.6 Å². The van der Waals surface area contributed by atoms with Gasteiger partial charge in [0, 0.05) is 42.8 Å². The molecule has 0 radical (unpaired) electrons. The molecule has 0 aliphatic heterocycles. The van der Waals surface area contributed by atoms with Gasteiger partial charge < -0.3 is 15.5 Å². The first-order chi connectivity index (χ1) is 14.1. The minimum atomic E-state index is 0.617. The largest absolute Gasteiger partial charge is 0.372 e. The third-order valence-electron chi connectivity index (χ3n) is 5.00. The van der Waals surface area contributed by atoms with Crippen LogP contribution in [0.1, 0.15) is 30.7 Å². The molecule has 5 nitrogen and oxygen atoms in total. The maximum Gasteiger partial charge on any atom is 0.229 e. The van der Waals surface area contributed by atoms with Gasteiger partial charge in [-0.25, -0.2) is 4.98 Å². The van der Waals surface area contributed by atoms with Gasteiger partial charge in [-0.1, -0.05) is 30.3 Å². The van der Waals surface area contributed by atoms with Gasteiger partial charge in [-0.2, -0.15) is 4.98 Å². The second-order valence-corrected chi connectivity index (χ2v) is 7.18. The highest BCUT2D eigenvalue weighted by atomic mass is 15.1. The van der Waals surface area contributed by atoms with Crippen LogP contribution in [0.2, 0.25) is 0 Å². The zero-order chi connectivity index (χ0) is 20.6. The summed E-state index contributed by atoms with van der Waals surface area (Å²) < 4.78 is 0. The Morgan fingerprint density at radius 1 is 0.897 bits per heavy atom. The minimum absolute atomic E-state index is 0.617. The fourth-order valence-corrected chi connectivity index (χ4v) is 3.39. The summed E-state index contributed by atoms with van der Waals surface area (Å²) in [6.45, 7) is 11.3. The van der Waals surface area contributed by atoms with E-state index in [1.165, 1.54) is 16.8 Å². The van der Waals surface area contributed by atoms with Crippen LogP contribution < -0.4 is 15.5 Å². The first-order valence-electron chi connectivity index (χ1n) is 10.3. The zero-order valence-electron chi connectivity index (χ0n) is 17.9. The molecule has 2 N–H and O–H groups in total. The Labute approximate surface area is 174 Å². The van der Waals surface area contributed by atoms with Gasteiger partial charge in [-0.3, -0.25) is 0 Å². The van der Waals surface area contributed by atoms with Crippen molar-refractivity contribution in [1.29, 1.82) is 0 Å². The molecule has 0 fully saturated rings. The number of hydrogen-bond acceptors (Lipinski definition) is 5. The summed E-state index contributed by atoms with van der Waals surface area (Å²) in [6, 6.07) is 18.9. The van der Waals surface area contributed by atoms with Crippen molar-refractivity contribution in [3.63, 3.8) is 0 Å². The van der Waals surface area contributed by atoms with E-state index in [1.807, 2.05) is 19.1 Å². The van der Waals surface area contributed by atoms with Crippen LogP contribution in [0, 0.1) is 13.8 Å². The second kappa shape index (κ2) is 9.92. The Bertz CT molecular complexity index is 920. The molecule has 0 saturated heterocycles. The van der Waals surface area contributed by atoms with Gasteiger partial charge in [0.1, 0.15) is 5.82 Å². The highest BCUT2D eigenvalue weighted by Gasteiger charge is 2.08. The normalized spacial score (nSPS) is 10.6. The van der Waals surface area contributed by atoms with Gasteiger partial charge in [0.15, 0.2) is 0 Å². The highest BCUT2D eigenvalue weighted by Crippen LogP contribution is 2.25. The van der Waals surface area contributed by atoms with Crippen LogP contribution in [-0.2, 0) is 6.42 Å². The molecule has 0 amide bonds. The van der Waals surface area contributed by atoms with E-state index in [9.17, 15) is 0 Å². The molecule has 0 bridgehead atoms. The van der Waals surface area contributed by atoms with E-state index in [2.05, 4.69) is 88.7 Å². The molecular formula is C24H31N5. The summed E-state index contributed by atoms with van der Waals surface area (Å²) >= 11 is 0. The molecule has 152 valence electrons. The predicted molar refractivity (Wildman–Crippen MR) is 123 cm³/mol. The average Bonchev–Trinajstić information content (AvgIpc) is 2.71. The number of aryl methyl sites for hydroxylation is 2. The first-order valence-corrected chi connectivity index (χ1v) is 10.3. The molecule has 0 spiro atoms. The highest BCUT2D eigenvalue weighted by molar-refractivity contribution is 5.64. The van der Waals surface area contributed by atoms with Gasteiger partial charge in [-0.05, 0) is 63.4 Å². The minimum Gasteiger partial charge on any atom is -0.372 e. The second-order valence-electron chi connectivity index (χ2n) is 7.18. The maximum atomic E-state index is 4.65. The molecule has 1 aromatic heterocycles. The lowest BCUT2D eigenvalue weighted by Gasteiger charge is -2.22. The molecule has 0 aliphatic rings. The van der Waals surface area contributed by atoms with Crippen molar-refractivity contribution < 1.29 is 0 Å². The molecule has 2 aromatic carbocycles. The van der Waals surface area contributed by atoms with Crippen molar-refractivity contribution in [3.05, 3.63) is 71.4 Å². The number of hydrogen-bond donors (Lipinski definition) is 2. The van der Waals surface area contributed by atoms with Crippen LogP contribution >= 0.6 is 0 Å². The van der Waals surface area contributed by atoms with E-state index >= 15 is 0 Å². The Morgan fingerprint density at radius 3 is 2.34 bits per heavy atom. The van der Waals surface area contributed by atoms with Crippen molar-refractivity contribution in [1.82, 2.24) is 9.97 Å². The maximum absolute atomic E-state index is 4.65. The molecule has 0 unspecified atom stereocenters. The Hall–Kier alpha value is -3.08. The number of aromatic nitrogens is 2. The Morgan fingerprint density at radius 2 is 1.66 bits per heavy atom. The Kier molecular flexibility index (Phi) is 7.06. The van der Waals surface area contributed by atoms with E-state index in [0.717, 1.165) is 43.3 Å². The predicted octanol–water partition coefficient (Wildman–Crippen LogP) is 5.34. The Balaban J connectivity index is 1.68. The van der Waals surface area contributed by atoms with Crippen molar-refractivity contribution in [2.75, 3.05) is 35.2 Å². The molecule has 0 saturated carbocycles. The summed E-state index contributed by atoms with van der Waals surface area (Å²) in [5.74, 6) is 1.46. The summed E-state index contributed by atoms with van der Waals surface area (Å²) in [7, 11) is 0. The van der Waals surface area contributed by atoms with E-state index in [-0.39, 0.29) is 0 Å². The molecule has 3 aromatic rings. The fourth-order valence-electron chi connectivity index (χ4n) is 3.39. The molecule has 5 heteroatoms. The molecule has 1 heterocycles. The lowest BCUT2D eigenvalue weighted by atomic mass is 10.1. The topological polar surface area (TPSA) is 53.1 Å². The fraction of sp³-hybridized carbons (Fsp3) is 0.333. The third-order valence-corrected chi connectivity index (χ3v) is 5.00. The van der Waals surface area contributed by atoms with Gasteiger partial charge in [0.05, 0.1) is 0 Å². The van der Waals surface area contributed by atoms with Gasteiger partial charge in [0.25, 0.3) is 0 Å². The van der Waals surface area contributed by atoms with Gasteiger partial charge in [0.2, 0.25) is 5.95 Å².